The summed E-state index contributed by atoms with van der Waals surface area (Å²) >= 11 is 1.63. The summed E-state index contributed by atoms with van der Waals surface area (Å²) in [5.41, 5.74) is 1.13. The summed E-state index contributed by atoms with van der Waals surface area (Å²) in [6, 6.07) is 3.66. The zero-order chi connectivity index (χ0) is 19.1. The van der Waals surface area contributed by atoms with Crippen LogP contribution in [0.15, 0.2) is 22.9 Å². The second-order valence-corrected chi connectivity index (χ2v) is 8.85. The fourth-order valence-corrected chi connectivity index (χ4v) is 5.77. The zero-order valence-corrected chi connectivity index (χ0v) is 16.5. The van der Waals surface area contributed by atoms with Crippen molar-refractivity contribution in [2.45, 2.75) is 37.7 Å². The first kappa shape index (κ1) is 17.9. The fraction of sp³-hybridized carbons (Fsp3) is 0.550. The van der Waals surface area contributed by atoms with Crippen molar-refractivity contribution in [3.8, 4) is 0 Å². The molecule has 2 aromatic heterocycles. The molecule has 0 aliphatic carbocycles. The smallest absolute Gasteiger partial charge is 0.276 e. The predicted molar refractivity (Wildman–Crippen MR) is 102 cm³/mol. The van der Waals surface area contributed by atoms with Crippen LogP contribution >= 0.6 is 11.3 Å². The lowest BCUT2D eigenvalue weighted by atomic mass is 9.82. The molecule has 0 N–H and O–H groups in total. The molecule has 3 aliphatic rings. The Morgan fingerprint density at radius 3 is 2.54 bits per heavy atom. The first-order valence-electron chi connectivity index (χ1n) is 9.92. The van der Waals surface area contributed by atoms with E-state index >= 15 is 0 Å². The molecule has 5 heterocycles. The number of thiophene rings is 1. The van der Waals surface area contributed by atoms with Crippen molar-refractivity contribution in [3.63, 3.8) is 0 Å². The van der Waals surface area contributed by atoms with Crippen LogP contribution in [0, 0.1) is 0 Å². The SMILES string of the molecule is O=C(c1ccon1)N1CCC2(CC1)OCCc1sc(C(=O)N3CCCC3)cc12. The highest BCUT2D eigenvalue weighted by molar-refractivity contribution is 7.14. The molecule has 2 amide bonds. The number of fused-ring (bicyclic) bond motifs is 2. The first-order chi connectivity index (χ1) is 13.7. The summed E-state index contributed by atoms with van der Waals surface area (Å²) < 4.78 is 11.1. The van der Waals surface area contributed by atoms with E-state index in [9.17, 15) is 9.59 Å². The lowest BCUT2D eigenvalue weighted by molar-refractivity contribution is -0.0927. The number of rotatable bonds is 2. The quantitative estimate of drug-likeness (QED) is 0.773. The number of ether oxygens (including phenoxy) is 1. The molecule has 8 heteroatoms. The molecular weight excluding hydrogens is 378 g/mol. The van der Waals surface area contributed by atoms with Crippen molar-refractivity contribution in [2.75, 3.05) is 32.8 Å². The lowest BCUT2D eigenvalue weighted by Crippen LogP contribution is -2.48. The maximum atomic E-state index is 12.8. The topological polar surface area (TPSA) is 75.9 Å². The number of amides is 2. The molecule has 0 radical (unpaired) electrons. The Bertz CT molecular complexity index is 877. The van der Waals surface area contributed by atoms with E-state index in [1.54, 1.807) is 17.4 Å². The standard InChI is InChI=1S/C20H23N3O4S/c24-18(15-3-12-27-21-15)23-9-5-20(6-10-23)14-13-17(28-16(14)4-11-26-20)19(25)22-7-1-2-8-22/h3,12-13H,1-2,4-11H2. The van der Waals surface area contributed by atoms with Gasteiger partial charge in [-0.15, -0.1) is 11.3 Å². The number of piperidine rings is 1. The van der Waals surface area contributed by atoms with Gasteiger partial charge in [0.05, 0.1) is 17.1 Å². The summed E-state index contributed by atoms with van der Waals surface area (Å²) in [6.07, 6.45) is 5.93. The monoisotopic (exact) mass is 401 g/mol. The lowest BCUT2D eigenvalue weighted by Gasteiger charge is -2.43. The molecule has 1 spiro atoms. The number of carbonyl (C=O) groups excluding carboxylic acids is 2. The van der Waals surface area contributed by atoms with E-state index in [0.717, 1.165) is 50.1 Å². The van der Waals surface area contributed by atoms with Gasteiger partial charge in [0, 0.05) is 43.5 Å². The van der Waals surface area contributed by atoms with Gasteiger partial charge < -0.3 is 19.1 Å². The number of nitrogens with zero attached hydrogens (tertiary/aromatic N) is 3. The van der Waals surface area contributed by atoms with Crippen LogP contribution in [0.25, 0.3) is 0 Å². The average Bonchev–Trinajstić information content (AvgIpc) is 3.49. The Hall–Kier alpha value is -2.19. The van der Waals surface area contributed by atoms with Gasteiger partial charge in [-0.2, -0.15) is 0 Å². The molecule has 7 nitrogen and oxygen atoms in total. The maximum Gasteiger partial charge on any atom is 0.276 e. The predicted octanol–water partition coefficient (Wildman–Crippen LogP) is 2.68. The van der Waals surface area contributed by atoms with Crippen LogP contribution < -0.4 is 0 Å². The van der Waals surface area contributed by atoms with E-state index in [1.807, 2.05) is 9.80 Å². The molecular formula is C20H23N3O4S. The maximum absolute atomic E-state index is 12.8. The highest BCUT2D eigenvalue weighted by Crippen LogP contribution is 2.45. The summed E-state index contributed by atoms with van der Waals surface area (Å²) in [7, 11) is 0. The van der Waals surface area contributed by atoms with Crippen LogP contribution in [0.3, 0.4) is 0 Å². The number of likely N-dealkylation sites (tertiary alicyclic amines) is 2. The summed E-state index contributed by atoms with van der Waals surface area (Å²) in [5.74, 6) is 0.0561. The van der Waals surface area contributed by atoms with Gasteiger partial charge in [0.25, 0.3) is 11.8 Å². The molecule has 2 aromatic rings. The minimum atomic E-state index is -0.381. The Morgan fingerprint density at radius 1 is 1.07 bits per heavy atom. The average molecular weight is 401 g/mol. The number of aromatic nitrogens is 1. The molecule has 3 aliphatic heterocycles. The van der Waals surface area contributed by atoms with Crippen molar-refractivity contribution in [3.05, 3.63) is 39.4 Å². The van der Waals surface area contributed by atoms with Crippen LogP contribution in [0.5, 0.6) is 0 Å². The first-order valence-corrected chi connectivity index (χ1v) is 10.7. The molecule has 148 valence electrons. The zero-order valence-electron chi connectivity index (χ0n) is 15.7. The summed E-state index contributed by atoms with van der Waals surface area (Å²) in [6.45, 7) is 3.61. The van der Waals surface area contributed by atoms with E-state index in [2.05, 4.69) is 11.2 Å². The van der Waals surface area contributed by atoms with Gasteiger partial charge in [0.1, 0.15) is 6.26 Å². The Morgan fingerprint density at radius 2 is 1.82 bits per heavy atom. The minimum absolute atomic E-state index is 0.102. The third kappa shape index (κ3) is 2.95. The van der Waals surface area contributed by atoms with E-state index < -0.39 is 0 Å². The normalized spacial score (nSPS) is 21.1. The molecule has 2 saturated heterocycles. The Labute approximate surface area is 167 Å². The number of hydrogen-bond acceptors (Lipinski definition) is 6. The van der Waals surface area contributed by atoms with Gasteiger partial charge in [-0.3, -0.25) is 9.59 Å². The minimum Gasteiger partial charge on any atom is -0.370 e. The molecule has 0 saturated carbocycles. The second kappa shape index (κ2) is 7.00. The Kier molecular flexibility index (Phi) is 4.47. The van der Waals surface area contributed by atoms with Crippen LogP contribution in [0.1, 0.15) is 56.3 Å². The molecule has 0 unspecified atom stereocenters. The second-order valence-electron chi connectivity index (χ2n) is 7.72. The molecule has 0 bridgehead atoms. The highest BCUT2D eigenvalue weighted by Gasteiger charge is 2.43. The van der Waals surface area contributed by atoms with E-state index in [0.29, 0.717) is 25.4 Å². The number of carbonyl (C=O) groups is 2. The van der Waals surface area contributed by atoms with Gasteiger partial charge in [0.15, 0.2) is 5.69 Å². The van der Waals surface area contributed by atoms with Crippen molar-refractivity contribution < 1.29 is 18.8 Å². The fourth-order valence-electron chi connectivity index (χ4n) is 4.57. The Balaban J connectivity index is 1.35. The van der Waals surface area contributed by atoms with Gasteiger partial charge >= 0.3 is 0 Å². The third-order valence-corrected chi connectivity index (χ3v) is 7.31. The molecule has 0 aromatic carbocycles. The van der Waals surface area contributed by atoms with Gasteiger partial charge in [-0.25, -0.2) is 0 Å². The van der Waals surface area contributed by atoms with Crippen LogP contribution in [0.4, 0.5) is 0 Å². The van der Waals surface area contributed by atoms with Gasteiger partial charge in [0.2, 0.25) is 0 Å². The summed E-state index contributed by atoms with van der Waals surface area (Å²) in [4.78, 5) is 31.2. The van der Waals surface area contributed by atoms with Gasteiger partial charge in [-0.05, 0) is 37.3 Å². The highest BCUT2D eigenvalue weighted by atomic mass is 32.1. The molecule has 0 atom stereocenters. The molecule has 28 heavy (non-hydrogen) atoms. The molecule has 5 rings (SSSR count). The number of hydrogen-bond donors (Lipinski definition) is 0. The van der Waals surface area contributed by atoms with Crippen LogP contribution in [-0.2, 0) is 16.8 Å². The largest absolute Gasteiger partial charge is 0.370 e. The molecule has 2 fully saturated rings. The van der Waals surface area contributed by atoms with E-state index in [-0.39, 0.29) is 17.4 Å². The van der Waals surface area contributed by atoms with Crippen molar-refractivity contribution in [2.24, 2.45) is 0 Å². The van der Waals surface area contributed by atoms with Crippen molar-refractivity contribution in [1.82, 2.24) is 15.0 Å². The third-order valence-electron chi connectivity index (χ3n) is 6.13. The van der Waals surface area contributed by atoms with Crippen LogP contribution in [0.2, 0.25) is 0 Å². The van der Waals surface area contributed by atoms with Gasteiger partial charge in [-0.1, -0.05) is 5.16 Å². The van der Waals surface area contributed by atoms with Crippen molar-refractivity contribution in [1.29, 1.82) is 0 Å². The van der Waals surface area contributed by atoms with Crippen LogP contribution in [-0.4, -0.2) is 59.6 Å². The van der Waals surface area contributed by atoms with Crippen molar-refractivity contribution >= 4 is 23.2 Å². The van der Waals surface area contributed by atoms with E-state index in [4.69, 9.17) is 9.26 Å². The summed E-state index contributed by atoms with van der Waals surface area (Å²) in [5, 5.41) is 3.75. The van der Waals surface area contributed by atoms with E-state index in [1.165, 1.54) is 16.7 Å².